The van der Waals surface area contributed by atoms with Crippen LogP contribution in [0.1, 0.15) is 70.6 Å². The van der Waals surface area contributed by atoms with Gasteiger partial charge in [-0.2, -0.15) is 0 Å². The Morgan fingerprint density at radius 3 is 2.12 bits per heavy atom. The number of carbonyl (C=O) groups is 3. The van der Waals surface area contributed by atoms with Crippen LogP contribution in [0.4, 0.5) is 0 Å². The maximum absolute atomic E-state index is 13.1. The summed E-state index contributed by atoms with van der Waals surface area (Å²) in [5.41, 5.74) is -1.15. The van der Waals surface area contributed by atoms with Gasteiger partial charge in [-0.25, -0.2) is 0 Å². The van der Waals surface area contributed by atoms with Gasteiger partial charge in [0.2, 0.25) is 11.8 Å². The van der Waals surface area contributed by atoms with Crippen molar-refractivity contribution in [3.8, 4) is 0 Å². The number of aliphatic hydroxyl groups is 2. The molecule has 1 heterocycles. The van der Waals surface area contributed by atoms with Crippen molar-refractivity contribution in [3.63, 3.8) is 0 Å². The molecule has 0 aromatic heterocycles. The molecule has 184 valence electrons. The molecule has 33 heavy (non-hydrogen) atoms. The lowest BCUT2D eigenvalue weighted by atomic mass is 9.69. The molecule has 1 saturated heterocycles. The molecule has 5 atom stereocenters. The van der Waals surface area contributed by atoms with Crippen LogP contribution in [0.25, 0.3) is 0 Å². The Hall–Kier alpha value is -1.67. The van der Waals surface area contributed by atoms with Gasteiger partial charge in [-0.15, -0.1) is 0 Å². The van der Waals surface area contributed by atoms with Crippen LogP contribution in [-0.2, 0) is 14.4 Å². The fraction of sp³-hybridized carbons (Fsp3) is 0.880. The molecule has 5 fully saturated rings. The number of hydrogen-bond donors (Lipinski definition) is 3. The minimum absolute atomic E-state index is 0.0106. The van der Waals surface area contributed by atoms with E-state index in [0.29, 0.717) is 63.7 Å². The average molecular weight is 462 g/mol. The largest absolute Gasteiger partial charge is 0.392 e. The molecule has 0 spiro atoms. The summed E-state index contributed by atoms with van der Waals surface area (Å²) in [5.74, 6) is 0.848. The first-order chi connectivity index (χ1) is 15.8. The number of aliphatic hydroxyl groups excluding tert-OH is 1. The van der Waals surface area contributed by atoms with Crippen molar-refractivity contribution in [2.45, 2.75) is 88.4 Å². The minimum atomic E-state index is -1.15. The summed E-state index contributed by atoms with van der Waals surface area (Å²) in [6.07, 6.45) is 9.14. The first-order valence-corrected chi connectivity index (χ1v) is 13.1. The summed E-state index contributed by atoms with van der Waals surface area (Å²) in [6.45, 7) is 1.85. The molecule has 3 N–H and O–H groups in total. The predicted molar refractivity (Wildman–Crippen MR) is 121 cm³/mol. The van der Waals surface area contributed by atoms with Crippen LogP contribution in [0.5, 0.6) is 0 Å². The van der Waals surface area contributed by atoms with Gasteiger partial charge in [0.1, 0.15) is 5.60 Å². The molecule has 1 aliphatic heterocycles. The zero-order chi connectivity index (χ0) is 23.2. The molecule has 0 bridgehead atoms. The second-order valence-corrected chi connectivity index (χ2v) is 11.3. The van der Waals surface area contributed by atoms with Gasteiger partial charge < -0.3 is 25.3 Å². The second kappa shape index (κ2) is 9.17. The highest BCUT2D eigenvalue weighted by Crippen LogP contribution is 2.41. The van der Waals surface area contributed by atoms with Crippen molar-refractivity contribution in [2.75, 3.05) is 26.2 Å². The van der Waals surface area contributed by atoms with Gasteiger partial charge in [-0.05, 0) is 69.6 Å². The highest BCUT2D eigenvalue weighted by Gasteiger charge is 2.50. The van der Waals surface area contributed by atoms with Crippen molar-refractivity contribution < 1.29 is 24.6 Å². The van der Waals surface area contributed by atoms with E-state index in [2.05, 4.69) is 5.32 Å². The summed E-state index contributed by atoms with van der Waals surface area (Å²) >= 11 is 0. The van der Waals surface area contributed by atoms with Gasteiger partial charge in [-0.1, -0.05) is 12.8 Å². The Balaban J connectivity index is 1.09. The molecule has 8 nitrogen and oxygen atoms in total. The van der Waals surface area contributed by atoms with Crippen LogP contribution in [0.3, 0.4) is 0 Å². The first-order valence-electron chi connectivity index (χ1n) is 13.1. The van der Waals surface area contributed by atoms with Gasteiger partial charge in [0.25, 0.3) is 5.91 Å². The monoisotopic (exact) mass is 461 g/mol. The third-order valence-electron chi connectivity index (χ3n) is 8.85. The van der Waals surface area contributed by atoms with E-state index >= 15 is 0 Å². The topological polar surface area (TPSA) is 110 Å². The smallest absolute Gasteiger partial charge is 0.254 e. The maximum atomic E-state index is 13.1. The molecule has 0 aromatic carbocycles. The Kier molecular flexibility index (Phi) is 6.42. The average Bonchev–Trinajstić information content (AvgIpc) is 3.75. The van der Waals surface area contributed by atoms with Gasteiger partial charge in [0.05, 0.1) is 12.0 Å². The van der Waals surface area contributed by atoms with Gasteiger partial charge in [0, 0.05) is 38.1 Å². The number of amides is 3. The Morgan fingerprint density at radius 2 is 1.48 bits per heavy atom. The molecule has 4 aliphatic carbocycles. The SMILES string of the molecule is O=C(NC1CCCC(C2CCC(C(=O)N3CCN(C(=O)C4(O)CC4)CC3)C(O)C2)C1)C1CC1. The Labute approximate surface area is 196 Å². The molecule has 0 radical (unpaired) electrons. The van der Waals surface area contributed by atoms with Crippen molar-refractivity contribution in [1.29, 1.82) is 0 Å². The zero-order valence-corrected chi connectivity index (χ0v) is 19.6. The van der Waals surface area contributed by atoms with Crippen LogP contribution in [-0.4, -0.2) is 81.7 Å². The maximum Gasteiger partial charge on any atom is 0.254 e. The van der Waals surface area contributed by atoms with Gasteiger partial charge in [0.15, 0.2) is 0 Å². The first kappa shape index (κ1) is 23.1. The van der Waals surface area contributed by atoms with E-state index in [1.807, 2.05) is 0 Å². The normalized spacial score (nSPS) is 36.2. The predicted octanol–water partition coefficient (Wildman–Crippen LogP) is 1.04. The van der Waals surface area contributed by atoms with E-state index in [1.54, 1.807) is 9.80 Å². The highest BCUT2D eigenvalue weighted by atomic mass is 16.3. The van der Waals surface area contributed by atoms with Gasteiger partial charge in [-0.3, -0.25) is 14.4 Å². The van der Waals surface area contributed by atoms with Crippen LogP contribution < -0.4 is 5.32 Å². The Bertz CT molecular complexity index is 772. The fourth-order valence-corrected chi connectivity index (χ4v) is 6.34. The molecule has 5 rings (SSSR count). The summed E-state index contributed by atoms with van der Waals surface area (Å²) in [7, 11) is 0. The third kappa shape index (κ3) is 5.06. The molecule has 5 unspecified atom stereocenters. The lowest BCUT2D eigenvalue weighted by Crippen LogP contribution is -2.55. The van der Waals surface area contributed by atoms with Crippen LogP contribution in [0, 0.1) is 23.7 Å². The van der Waals surface area contributed by atoms with Gasteiger partial charge >= 0.3 is 0 Å². The van der Waals surface area contributed by atoms with Crippen LogP contribution in [0.15, 0.2) is 0 Å². The van der Waals surface area contributed by atoms with E-state index in [0.717, 1.165) is 44.9 Å². The molecule has 0 aromatic rings. The zero-order valence-electron chi connectivity index (χ0n) is 19.6. The highest BCUT2D eigenvalue weighted by molar-refractivity contribution is 5.88. The third-order valence-corrected chi connectivity index (χ3v) is 8.85. The van der Waals surface area contributed by atoms with Crippen LogP contribution >= 0.6 is 0 Å². The van der Waals surface area contributed by atoms with Crippen molar-refractivity contribution in [2.24, 2.45) is 23.7 Å². The fourth-order valence-electron chi connectivity index (χ4n) is 6.34. The Morgan fingerprint density at radius 1 is 0.818 bits per heavy atom. The molecular formula is C25H39N3O5. The quantitative estimate of drug-likeness (QED) is 0.567. The number of rotatable bonds is 5. The molecule has 8 heteroatoms. The number of nitrogens with zero attached hydrogens (tertiary/aromatic N) is 2. The summed E-state index contributed by atoms with van der Waals surface area (Å²) in [4.78, 5) is 41.1. The van der Waals surface area contributed by atoms with E-state index in [-0.39, 0.29) is 35.6 Å². The van der Waals surface area contributed by atoms with E-state index in [9.17, 15) is 24.6 Å². The summed E-state index contributed by atoms with van der Waals surface area (Å²) < 4.78 is 0. The van der Waals surface area contributed by atoms with E-state index in [4.69, 9.17) is 0 Å². The molecule has 4 saturated carbocycles. The van der Waals surface area contributed by atoms with Crippen molar-refractivity contribution in [3.05, 3.63) is 0 Å². The standard InChI is InChI=1S/C25H39N3O5/c29-21-15-18(17-2-1-3-19(14-17)26-22(30)16-4-5-16)6-7-20(21)23(31)27-10-12-28(13-11-27)24(32)25(33)8-9-25/h16-21,29,33H,1-15H2,(H,26,30). The number of nitrogens with one attached hydrogen (secondary N) is 1. The van der Waals surface area contributed by atoms with Crippen molar-refractivity contribution >= 4 is 17.7 Å². The van der Waals surface area contributed by atoms with E-state index < -0.39 is 11.7 Å². The lowest BCUT2D eigenvalue weighted by molar-refractivity contribution is -0.151. The van der Waals surface area contributed by atoms with E-state index in [1.165, 1.54) is 0 Å². The van der Waals surface area contributed by atoms with Crippen molar-refractivity contribution in [1.82, 2.24) is 15.1 Å². The minimum Gasteiger partial charge on any atom is -0.392 e. The molecule has 5 aliphatic rings. The molecule has 3 amide bonds. The number of piperazine rings is 1. The number of hydrogen-bond acceptors (Lipinski definition) is 5. The second-order valence-electron chi connectivity index (χ2n) is 11.3. The summed E-state index contributed by atoms with van der Waals surface area (Å²) in [6, 6.07) is 0.265. The molecular weight excluding hydrogens is 422 g/mol. The van der Waals surface area contributed by atoms with Crippen LogP contribution in [0.2, 0.25) is 0 Å². The summed E-state index contributed by atoms with van der Waals surface area (Å²) in [5, 5.41) is 24.2. The lowest BCUT2D eigenvalue weighted by Gasteiger charge is -2.42. The number of carbonyl (C=O) groups excluding carboxylic acids is 3.